The number of nitro benzene ring substituents is 1. The number of carbonyl (C=O) groups excluding carboxylic acids is 1. The molecular weight excluding hydrogens is 324 g/mol. The number of aliphatic hydroxyl groups excluding tert-OH is 1. The maximum Gasteiger partial charge on any atom is 0.271 e. The molecule has 8 heteroatoms. The number of aromatic nitrogens is 2. The van der Waals surface area contributed by atoms with Gasteiger partial charge in [0.1, 0.15) is 0 Å². The molecule has 2 atom stereocenters. The molecule has 132 valence electrons. The number of benzene rings is 1. The van der Waals surface area contributed by atoms with E-state index in [1.807, 2.05) is 0 Å². The summed E-state index contributed by atoms with van der Waals surface area (Å²) in [6.07, 6.45) is 4.84. The van der Waals surface area contributed by atoms with Crippen LogP contribution in [0.5, 0.6) is 0 Å². The maximum absolute atomic E-state index is 12.2. The van der Waals surface area contributed by atoms with Gasteiger partial charge in [-0.05, 0) is 37.3 Å². The number of non-ortho nitro benzene ring substituents is 1. The third-order valence-corrected chi connectivity index (χ3v) is 4.43. The molecule has 2 aromatic rings. The highest BCUT2D eigenvalue weighted by Gasteiger charge is 2.21. The standard InChI is InChI=1S/C17H20N4O4/c22-15-6-1-3-12(9-15)11-18-17(23)16-7-8-20(19-16)13-4-2-5-14(10-13)21(24)25/h2,4-5,7-8,10,12,15,22H,1,3,6,9,11H2,(H,18,23). The van der Waals surface area contributed by atoms with Crippen LogP contribution in [-0.2, 0) is 0 Å². The molecule has 0 radical (unpaired) electrons. The fourth-order valence-corrected chi connectivity index (χ4v) is 3.11. The molecule has 0 saturated heterocycles. The van der Waals surface area contributed by atoms with E-state index in [9.17, 15) is 20.0 Å². The van der Waals surface area contributed by atoms with Gasteiger partial charge in [-0.15, -0.1) is 0 Å². The van der Waals surface area contributed by atoms with E-state index in [1.165, 1.54) is 16.8 Å². The lowest BCUT2D eigenvalue weighted by molar-refractivity contribution is -0.384. The van der Waals surface area contributed by atoms with E-state index in [0.29, 0.717) is 18.7 Å². The Kier molecular flexibility index (Phi) is 5.08. The zero-order valence-electron chi connectivity index (χ0n) is 13.7. The average molecular weight is 344 g/mol. The fraction of sp³-hybridized carbons (Fsp3) is 0.412. The summed E-state index contributed by atoms with van der Waals surface area (Å²) in [5.41, 5.74) is 0.737. The topological polar surface area (TPSA) is 110 Å². The van der Waals surface area contributed by atoms with Crippen LogP contribution in [0.2, 0.25) is 0 Å². The highest BCUT2D eigenvalue weighted by Crippen LogP contribution is 2.23. The molecule has 8 nitrogen and oxygen atoms in total. The zero-order valence-corrected chi connectivity index (χ0v) is 13.7. The SMILES string of the molecule is O=C(NCC1CCCC(O)C1)c1ccn(-c2cccc([N+](=O)[O-])c2)n1. The summed E-state index contributed by atoms with van der Waals surface area (Å²) in [6, 6.07) is 7.63. The van der Waals surface area contributed by atoms with Crippen LogP contribution >= 0.6 is 0 Å². The van der Waals surface area contributed by atoms with E-state index in [4.69, 9.17) is 0 Å². The van der Waals surface area contributed by atoms with Gasteiger partial charge in [0.25, 0.3) is 11.6 Å². The van der Waals surface area contributed by atoms with Crippen LogP contribution in [0.4, 0.5) is 5.69 Å². The number of hydrogen-bond donors (Lipinski definition) is 2. The second-order valence-electron chi connectivity index (χ2n) is 6.32. The number of nitrogens with one attached hydrogen (secondary N) is 1. The van der Waals surface area contributed by atoms with Crippen LogP contribution in [0.25, 0.3) is 5.69 Å². The minimum absolute atomic E-state index is 0.0325. The number of aliphatic hydroxyl groups is 1. The van der Waals surface area contributed by atoms with Crippen LogP contribution in [0.3, 0.4) is 0 Å². The molecule has 0 bridgehead atoms. The fourth-order valence-electron chi connectivity index (χ4n) is 3.11. The normalized spacial score (nSPS) is 20.2. The number of hydrogen-bond acceptors (Lipinski definition) is 5. The number of amides is 1. The molecule has 1 aromatic heterocycles. The van der Waals surface area contributed by atoms with Gasteiger partial charge < -0.3 is 10.4 Å². The average Bonchev–Trinajstić information content (AvgIpc) is 3.10. The quantitative estimate of drug-likeness (QED) is 0.637. The van der Waals surface area contributed by atoms with Crippen LogP contribution in [0.1, 0.15) is 36.2 Å². The van der Waals surface area contributed by atoms with Crippen molar-refractivity contribution >= 4 is 11.6 Å². The first-order chi connectivity index (χ1) is 12.0. The van der Waals surface area contributed by atoms with Gasteiger partial charge in [-0.2, -0.15) is 5.10 Å². The summed E-state index contributed by atoms with van der Waals surface area (Å²) in [4.78, 5) is 22.6. The molecule has 1 fully saturated rings. The molecule has 1 saturated carbocycles. The van der Waals surface area contributed by atoms with Gasteiger partial charge in [0.05, 0.1) is 16.7 Å². The predicted molar refractivity (Wildman–Crippen MR) is 90.5 cm³/mol. The van der Waals surface area contributed by atoms with Gasteiger partial charge in [-0.25, -0.2) is 4.68 Å². The first-order valence-electron chi connectivity index (χ1n) is 8.29. The van der Waals surface area contributed by atoms with Gasteiger partial charge >= 0.3 is 0 Å². The Balaban J connectivity index is 1.63. The van der Waals surface area contributed by atoms with Crippen molar-refractivity contribution in [3.63, 3.8) is 0 Å². The van der Waals surface area contributed by atoms with Crippen molar-refractivity contribution in [1.82, 2.24) is 15.1 Å². The summed E-state index contributed by atoms with van der Waals surface area (Å²) in [5.74, 6) is -0.00389. The van der Waals surface area contributed by atoms with Gasteiger partial charge in [0.2, 0.25) is 0 Å². The summed E-state index contributed by atoms with van der Waals surface area (Å²) in [6.45, 7) is 0.513. The molecule has 1 heterocycles. The highest BCUT2D eigenvalue weighted by molar-refractivity contribution is 5.92. The van der Waals surface area contributed by atoms with Gasteiger partial charge in [0, 0.05) is 24.9 Å². The first kappa shape index (κ1) is 17.1. The lowest BCUT2D eigenvalue weighted by Gasteiger charge is -2.25. The Morgan fingerprint density at radius 2 is 2.24 bits per heavy atom. The summed E-state index contributed by atoms with van der Waals surface area (Å²) in [7, 11) is 0. The summed E-state index contributed by atoms with van der Waals surface area (Å²) < 4.78 is 1.44. The monoisotopic (exact) mass is 344 g/mol. The van der Waals surface area contributed by atoms with Gasteiger partial charge in [-0.1, -0.05) is 12.5 Å². The van der Waals surface area contributed by atoms with E-state index >= 15 is 0 Å². The van der Waals surface area contributed by atoms with E-state index in [2.05, 4.69) is 10.4 Å². The number of carbonyl (C=O) groups is 1. The number of nitrogens with zero attached hydrogens (tertiary/aromatic N) is 3. The third-order valence-electron chi connectivity index (χ3n) is 4.43. The molecule has 1 aromatic carbocycles. The summed E-state index contributed by atoms with van der Waals surface area (Å²) in [5, 5.41) is 27.6. The van der Waals surface area contributed by atoms with Crippen LogP contribution in [-0.4, -0.2) is 38.4 Å². The zero-order chi connectivity index (χ0) is 17.8. The Hall–Kier alpha value is -2.74. The second kappa shape index (κ2) is 7.43. The molecule has 0 aliphatic heterocycles. The van der Waals surface area contributed by atoms with Crippen molar-refractivity contribution in [2.24, 2.45) is 5.92 Å². The van der Waals surface area contributed by atoms with E-state index in [-0.39, 0.29) is 29.3 Å². The van der Waals surface area contributed by atoms with Crippen LogP contribution in [0.15, 0.2) is 36.5 Å². The molecule has 0 spiro atoms. The van der Waals surface area contributed by atoms with Gasteiger partial charge in [0.15, 0.2) is 5.69 Å². The van der Waals surface area contributed by atoms with Crippen molar-refractivity contribution < 1.29 is 14.8 Å². The van der Waals surface area contributed by atoms with E-state index in [1.54, 1.807) is 24.4 Å². The number of rotatable bonds is 5. The molecule has 1 aliphatic rings. The maximum atomic E-state index is 12.2. The van der Waals surface area contributed by atoms with Crippen LogP contribution in [0, 0.1) is 16.0 Å². The van der Waals surface area contributed by atoms with E-state index in [0.717, 1.165) is 19.3 Å². The molecule has 3 rings (SSSR count). The second-order valence-corrected chi connectivity index (χ2v) is 6.32. The lowest BCUT2D eigenvalue weighted by atomic mass is 9.87. The molecular formula is C17H20N4O4. The Bertz CT molecular complexity index is 774. The Morgan fingerprint density at radius 3 is 3.00 bits per heavy atom. The molecule has 2 N–H and O–H groups in total. The first-order valence-corrected chi connectivity index (χ1v) is 8.29. The van der Waals surface area contributed by atoms with Crippen LogP contribution < -0.4 is 5.32 Å². The number of nitro groups is 1. The van der Waals surface area contributed by atoms with Crippen molar-refractivity contribution in [2.75, 3.05) is 6.54 Å². The minimum atomic E-state index is -0.473. The predicted octanol–water partition coefficient (Wildman–Crippen LogP) is 2.06. The molecule has 1 amide bonds. The lowest BCUT2D eigenvalue weighted by Crippen LogP contribution is -2.33. The molecule has 2 unspecified atom stereocenters. The van der Waals surface area contributed by atoms with Crippen molar-refractivity contribution in [1.29, 1.82) is 0 Å². The molecule has 25 heavy (non-hydrogen) atoms. The largest absolute Gasteiger partial charge is 0.393 e. The Labute approximate surface area is 144 Å². The molecule has 1 aliphatic carbocycles. The van der Waals surface area contributed by atoms with Crippen molar-refractivity contribution in [2.45, 2.75) is 31.8 Å². The van der Waals surface area contributed by atoms with Crippen molar-refractivity contribution in [3.05, 3.63) is 52.3 Å². The van der Waals surface area contributed by atoms with Crippen molar-refractivity contribution in [3.8, 4) is 5.69 Å². The smallest absolute Gasteiger partial charge is 0.271 e. The highest BCUT2D eigenvalue weighted by atomic mass is 16.6. The minimum Gasteiger partial charge on any atom is -0.393 e. The Morgan fingerprint density at radius 1 is 1.40 bits per heavy atom. The van der Waals surface area contributed by atoms with Gasteiger partial charge in [-0.3, -0.25) is 14.9 Å². The van der Waals surface area contributed by atoms with E-state index < -0.39 is 4.92 Å². The summed E-state index contributed by atoms with van der Waals surface area (Å²) >= 11 is 0. The third kappa shape index (κ3) is 4.21.